The number of anilines is 1. The number of aliphatic carboxylic acids is 1. The number of hydrogen-bond acceptors (Lipinski definition) is 2. The minimum Gasteiger partial charge on any atom is -0.481 e. The van der Waals surface area contributed by atoms with Crippen molar-refractivity contribution in [2.24, 2.45) is 5.92 Å². The lowest BCUT2D eigenvalue weighted by molar-refractivity contribution is -0.144. The van der Waals surface area contributed by atoms with Crippen LogP contribution in [0.4, 0.5) is 18.9 Å². The molecule has 1 aliphatic rings. The fourth-order valence-corrected chi connectivity index (χ4v) is 1.93. The summed E-state index contributed by atoms with van der Waals surface area (Å²) in [5, 5.41) is 11.7. The van der Waals surface area contributed by atoms with Crippen LogP contribution in [0.3, 0.4) is 0 Å². The molecule has 0 amide bonds. The molecule has 0 saturated heterocycles. The number of halogens is 3. The molecule has 1 aromatic rings. The third-order valence-electron chi connectivity index (χ3n) is 3.07. The molecule has 0 radical (unpaired) electrons. The highest BCUT2D eigenvalue weighted by atomic mass is 19.4. The monoisotopic (exact) mass is 259 g/mol. The summed E-state index contributed by atoms with van der Waals surface area (Å²) < 4.78 is 36.9. The Kier molecular flexibility index (Phi) is 3.19. The predicted octanol–water partition coefficient (Wildman–Crippen LogP) is 2.98. The van der Waals surface area contributed by atoms with Gasteiger partial charge >= 0.3 is 12.1 Å². The molecule has 0 atom stereocenters. The molecule has 1 aliphatic carbocycles. The van der Waals surface area contributed by atoms with Gasteiger partial charge in [-0.25, -0.2) is 0 Å². The van der Waals surface area contributed by atoms with Gasteiger partial charge in [-0.15, -0.1) is 0 Å². The Bertz CT molecular complexity index is 436. The number of nitrogens with one attached hydrogen (secondary N) is 1. The van der Waals surface area contributed by atoms with E-state index < -0.39 is 17.7 Å². The van der Waals surface area contributed by atoms with Crippen molar-refractivity contribution in [2.45, 2.75) is 25.1 Å². The van der Waals surface area contributed by atoms with Crippen LogP contribution in [0.25, 0.3) is 0 Å². The van der Waals surface area contributed by atoms with Crippen molar-refractivity contribution in [1.29, 1.82) is 0 Å². The number of alkyl halides is 3. The van der Waals surface area contributed by atoms with E-state index in [9.17, 15) is 18.0 Å². The summed E-state index contributed by atoms with van der Waals surface area (Å²) in [7, 11) is 0. The summed E-state index contributed by atoms with van der Waals surface area (Å²) in [5.74, 6) is -1.16. The third-order valence-corrected chi connectivity index (χ3v) is 3.07. The van der Waals surface area contributed by atoms with Crippen molar-refractivity contribution in [2.75, 3.05) is 5.32 Å². The summed E-state index contributed by atoms with van der Waals surface area (Å²) >= 11 is 0. The van der Waals surface area contributed by atoms with Gasteiger partial charge in [0, 0.05) is 11.7 Å². The second kappa shape index (κ2) is 4.51. The number of benzene rings is 1. The van der Waals surface area contributed by atoms with Crippen molar-refractivity contribution in [3.63, 3.8) is 0 Å². The van der Waals surface area contributed by atoms with E-state index in [0.717, 1.165) is 12.1 Å². The first-order chi connectivity index (χ1) is 8.36. The number of hydrogen-bond donors (Lipinski definition) is 2. The van der Waals surface area contributed by atoms with E-state index in [4.69, 9.17) is 5.11 Å². The maximum Gasteiger partial charge on any atom is 0.416 e. The van der Waals surface area contributed by atoms with E-state index in [2.05, 4.69) is 5.32 Å². The minimum atomic E-state index is -4.33. The van der Waals surface area contributed by atoms with Crippen LogP contribution in [0.15, 0.2) is 24.3 Å². The highest BCUT2D eigenvalue weighted by molar-refractivity contribution is 5.71. The summed E-state index contributed by atoms with van der Waals surface area (Å²) in [6.07, 6.45) is -3.31. The first-order valence-electron chi connectivity index (χ1n) is 5.53. The summed E-state index contributed by atoms with van der Waals surface area (Å²) in [4.78, 5) is 10.6. The first kappa shape index (κ1) is 12.7. The van der Waals surface area contributed by atoms with E-state index in [0.29, 0.717) is 18.5 Å². The van der Waals surface area contributed by atoms with E-state index >= 15 is 0 Å². The topological polar surface area (TPSA) is 49.3 Å². The largest absolute Gasteiger partial charge is 0.481 e. The first-order valence-corrected chi connectivity index (χ1v) is 5.53. The summed E-state index contributed by atoms with van der Waals surface area (Å²) in [5.41, 5.74) is -0.109. The number of carboxylic acids is 1. The van der Waals surface area contributed by atoms with Crippen LogP contribution >= 0.6 is 0 Å². The predicted molar refractivity (Wildman–Crippen MR) is 59.2 cm³/mol. The lowest BCUT2D eigenvalue weighted by Gasteiger charge is -2.33. The molecule has 0 bridgehead atoms. The Balaban J connectivity index is 1.90. The van der Waals surface area contributed by atoms with Crippen LogP contribution in [-0.4, -0.2) is 17.1 Å². The molecule has 1 saturated carbocycles. The van der Waals surface area contributed by atoms with E-state index in [1.807, 2.05) is 0 Å². The average molecular weight is 259 g/mol. The molecular weight excluding hydrogens is 247 g/mol. The van der Waals surface area contributed by atoms with Crippen molar-refractivity contribution in [3.05, 3.63) is 29.8 Å². The zero-order valence-electron chi connectivity index (χ0n) is 9.37. The maximum atomic E-state index is 12.3. The maximum absolute atomic E-state index is 12.3. The van der Waals surface area contributed by atoms with Crippen molar-refractivity contribution < 1.29 is 23.1 Å². The van der Waals surface area contributed by atoms with Gasteiger partial charge in [0.05, 0.1) is 11.5 Å². The number of rotatable bonds is 3. The van der Waals surface area contributed by atoms with Crippen LogP contribution in [-0.2, 0) is 11.0 Å². The van der Waals surface area contributed by atoms with Crippen LogP contribution in [0.5, 0.6) is 0 Å². The van der Waals surface area contributed by atoms with Crippen LogP contribution in [0, 0.1) is 5.92 Å². The molecule has 1 fully saturated rings. The van der Waals surface area contributed by atoms with Gasteiger partial charge in [0.2, 0.25) is 0 Å². The Labute approximate surface area is 102 Å². The van der Waals surface area contributed by atoms with Crippen molar-refractivity contribution in [1.82, 2.24) is 0 Å². The summed E-state index contributed by atoms with van der Waals surface area (Å²) in [6.45, 7) is 0. The van der Waals surface area contributed by atoms with Crippen LogP contribution in [0.1, 0.15) is 18.4 Å². The zero-order valence-corrected chi connectivity index (χ0v) is 9.37. The zero-order chi connectivity index (χ0) is 13.3. The summed E-state index contributed by atoms with van der Waals surface area (Å²) in [6, 6.07) is 4.77. The van der Waals surface area contributed by atoms with Gasteiger partial charge in [0.1, 0.15) is 0 Å². The Morgan fingerprint density at radius 2 is 1.78 bits per heavy atom. The standard InChI is InChI=1S/C12H12F3NO2/c13-12(14,15)8-1-3-9(4-2-8)16-10-5-7(6-10)11(17)18/h1-4,7,10,16H,5-6H2,(H,17,18). The molecule has 0 unspecified atom stereocenters. The molecule has 3 nitrogen and oxygen atoms in total. The van der Waals surface area contributed by atoms with Crippen LogP contribution < -0.4 is 5.32 Å². The molecule has 1 aromatic carbocycles. The smallest absolute Gasteiger partial charge is 0.416 e. The second-order valence-electron chi connectivity index (χ2n) is 4.42. The second-order valence-corrected chi connectivity index (χ2v) is 4.42. The molecular formula is C12H12F3NO2. The van der Waals surface area contributed by atoms with E-state index in [1.54, 1.807) is 0 Å². The third kappa shape index (κ3) is 2.75. The Morgan fingerprint density at radius 1 is 1.22 bits per heavy atom. The molecule has 2 N–H and O–H groups in total. The number of carboxylic acid groups (broad SMARTS) is 1. The molecule has 0 aromatic heterocycles. The highest BCUT2D eigenvalue weighted by Crippen LogP contribution is 2.32. The van der Waals surface area contributed by atoms with Gasteiger partial charge in [-0.05, 0) is 37.1 Å². The van der Waals surface area contributed by atoms with Gasteiger partial charge in [-0.1, -0.05) is 0 Å². The molecule has 0 spiro atoms. The molecule has 98 valence electrons. The van der Waals surface area contributed by atoms with Gasteiger partial charge in [-0.3, -0.25) is 4.79 Å². The van der Waals surface area contributed by atoms with Crippen molar-refractivity contribution in [3.8, 4) is 0 Å². The average Bonchev–Trinajstić information content (AvgIpc) is 2.21. The van der Waals surface area contributed by atoms with Gasteiger partial charge < -0.3 is 10.4 Å². The van der Waals surface area contributed by atoms with Crippen LogP contribution in [0.2, 0.25) is 0 Å². The number of carbonyl (C=O) groups is 1. The molecule has 18 heavy (non-hydrogen) atoms. The molecule has 6 heteroatoms. The quantitative estimate of drug-likeness (QED) is 0.877. The fourth-order valence-electron chi connectivity index (χ4n) is 1.93. The minimum absolute atomic E-state index is 0.0304. The lowest BCUT2D eigenvalue weighted by atomic mass is 9.80. The highest BCUT2D eigenvalue weighted by Gasteiger charge is 2.34. The Morgan fingerprint density at radius 3 is 2.22 bits per heavy atom. The van der Waals surface area contributed by atoms with Gasteiger partial charge in [0.25, 0.3) is 0 Å². The van der Waals surface area contributed by atoms with E-state index in [1.165, 1.54) is 12.1 Å². The SMILES string of the molecule is O=C(O)C1CC(Nc2ccc(C(F)(F)F)cc2)C1. The molecule has 2 rings (SSSR count). The Hall–Kier alpha value is -1.72. The van der Waals surface area contributed by atoms with E-state index in [-0.39, 0.29) is 12.0 Å². The van der Waals surface area contributed by atoms with Gasteiger partial charge in [-0.2, -0.15) is 13.2 Å². The normalized spacial score (nSPS) is 23.3. The van der Waals surface area contributed by atoms with Gasteiger partial charge in [0.15, 0.2) is 0 Å². The lowest BCUT2D eigenvalue weighted by Crippen LogP contribution is -2.39. The fraction of sp³-hybridized carbons (Fsp3) is 0.417. The molecule has 0 aliphatic heterocycles. The van der Waals surface area contributed by atoms with Crippen molar-refractivity contribution >= 4 is 11.7 Å². The molecule has 0 heterocycles.